The molecule has 0 aliphatic carbocycles. The monoisotopic (exact) mass is 416 g/mol. The largest absolute Gasteiger partial charge is 0.591 e. The molecule has 1 unspecified atom stereocenters. The van der Waals surface area contributed by atoms with E-state index < -0.39 is 26.3 Å². The lowest BCUT2D eigenvalue weighted by Crippen LogP contribution is -2.29. The Morgan fingerprint density at radius 2 is 1.96 bits per heavy atom. The summed E-state index contributed by atoms with van der Waals surface area (Å²) in [6.07, 6.45) is 1.32. The van der Waals surface area contributed by atoms with Crippen LogP contribution in [0.5, 0.6) is 0 Å². The Bertz CT molecular complexity index is 918. The summed E-state index contributed by atoms with van der Waals surface area (Å²) in [5.41, 5.74) is 1.20. The van der Waals surface area contributed by atoms with Gasteiger partial charge in [-0.15, -0.1) is 0 Å². The average molecular weight is 417 g/mol. The maximum Gasteiger partial charge on any atom is 0.322 e. The summed E-state index contributed by atoms with van der Waals surface area (Å²) in [4.78, 5) is 0. The molecular formula is C16H21ClN4O3S2. The lowest BCUT2D eigenvalue weighted by atomic mass is 10.1. The molecule has 1 aromatic heterocycles. The molecule has 0 N–H and O–H groups in total. The van der Waals surface area contributed by atoms with Crippen LogP contribution in [0, 0.1) is 0 Å². The van der Waals surface area contributed by atoms with Crippen molar-refractivity contribution in [1.82, 2.24) is 13.5 Å². The van der Waals surface area contributed by atoms with Crippen molar-refractivity contribution in [3.63, 3.8) is 0 Å². The first-order valence-corrected chi connectivity index (χ1v) is 10.6. The Morgan fingerprint density at radius 3 is 2.50 bits per heavy atom. The van der Waals surface area contributed by atoms with Crippen molar-refractivity contribution in [3.05, 3.63) is 52.8 Å². The second-order valence-electron chi connectivity index (χ2n) is 6.68. The zero-order valence-electron chi connectivity index (χ0n) is 15.2. The van der Waals surface area contributed by atoms with E-state index in [4.69, 9.17) is 11.6 Å². The van der Waals surface area contributed by atoms with Crippen molar-refractivity contribution in [1.29, 1.82) is 0 Å². The highest BCUT2D eigenvalue weighted by Crippen LogP contribution is 2.22. The molecule has 142 valence electrons. The fraction of sp³-hybridized carbons (Fsp3) is 0.375. The highest BCUT2D eigenvalue weighted by molar-refractivity contribution is 7.91. The summed E-state index contributed by atoms with van der Waals surface area (Å²) < 4.78 is 42.7. The van der Waals surface area contributed by atoms with E-state index in [0.717, 1.165) is 8.39 Å². The zero-order chi connectivity index (χ0) is 19.7. The molecule has 2 rings (SSSR count). The van der Waals surface area contributed by atoms with E-state index >= 15 is 0 Å². The van der Waals surface area contributed by atoms with Gasteiger partial charge in [-0.1, -0.05) is 28.1 Å². The molecule has 0 aliphatic rings. The summed E-state index contributed by atoms with van der Waals surface area (Å²) in [6.45, 7) is 5.41. The highest BCUT2D eigenvalue weighted by atomic mass is 35.5. The third kappa shape index (κ3) is 4.66. The molecule has 1 atom stereocenters. The van der Waals surface area contributed by atoms with Gasteiger partial charge in [-0.3, -0.25) is 0 Å². The number of halogens is 1. The van der Waals surface area contributed by atoms with E-state index in [1.165, 1.54) is 26.4 Å². The molecule has 1 aromatic carbocycles. The van der Waals surface area contributed by atoms with E-state index in [2.05, 4.69) is 9.50 Å². The molecule has 2 aromatic rings. The third-order valence-electron chi connectivity index (χ3n) is 3.30. The smallest absolute Gasteiger partial charge is 0.322 e. The Hall–Kier alpha value is -1.39. The molecular weight excluding hydrogens is 396 g/mol. The predicted octanol–water partition coefficient (Wildman–Crippen LogP) is 2.49. The first-order valence-electron chi connectivity index (χ1n) is 7.68. The van der Waals surface area contributed by atoms with Crippen LogP contribution in [0.25, 0.3) is 0 Å². The minimum Gasteiger partial charge on any atom is -0.591 e. The van der Waals surface area contributed by atoms with Crippen LogP contribution in [-0.2, 0) is 21.6 Å². The van der Waals surface area contributed by atoms with Crippen molar-refractivity contribution >= 4 is 38.9 Å². The summed E-state index contributed by atoms with van der Waals surface area (Å²) in [5, 5.41) is 4.61. The average Bonchev–Trinajstić information content (AvgIpc) is 3.01. The van der Waals surface area contributed by atoms with Crippen molar-refractivity contribution in [2.24, 2.45) is 4.40 Å². The quantitative estimate of drug-likeness (QED) is 0.553. The second-order valence-corrected chi connectivity index (χ2v) is 11.0. The van der Waals surface area contributed by atoms with Gasteiger partial charge in [-0.2, -0.15) is 21.9 Å². The molecule has 1 heterocycles. The molecule has 0 radical (unpaired) electrons. The minimum atomic E-state index is -3.75. The molecule has 0 fully saturated rings. The van der Waals surface area contributed by atoms with Crippen LogP contribution >= 0.6 is 11.6 Å². The fourth-order valence-corrected chi connectivity index (χ4v) is 3.40. The molecule has 10 heteroatoms. The van der Waals surface area contributed by atoms with Gasteiger partial charge in [0.1, 0.15) is 27.5 Å². The molecule has 0 spiro atoms. The molecule has 0 amide bonds. The second kappa shape index (κ2) is 7.69. The fourth-order valence-electron chi connectivity index (χ4n) is 1.83. The van der Waals surface area contributed by atoms with Crippen molar-refractivity contribution in [3.8, 4) is 0 Å². The molecule has 0 bridgehead atoms. The molecule has 0 saturated carbocycles. The van der Waals surface area contributed by atoms with Crippen LogP contribution in [0.1, 0.15) is 32.0 Å². The SMILES string of the molecule is CN(C)S(=O)(=O)n1ccc(/C(=N\[S+]([O-])C(C)(C)C)c2cccc(Cl)c2)n1. The summed E-state index contributed by atoms with van der Waals surface area (Å²) >= 11 is 4.50. The Labute approximate surface area is 162 Å². The Kier molecular flexibility index (Phi) is 6.19. The number of rotatable bonds is 5. The van der Waals surface area contributed by atoms with Crippen LogP contribution in [0.2, 0.25) is 5.02 Å². The number of nitrogens with zero attached hydrogens (tertiary/aromatic N) is 4. The Morgan fingerprint density at radius 1 is 1.31 bits per heavy atom. The standard InChI is InChI=1S/C16H21ClN4O3S2/c1-16(2,3)25(22)19-15(12-7-6-8-13(17)11-12)14-9-10-21(18-14)26(23,24)20(4)5/h6-11H,1-5H3/b19-15-. The maximum atomic E-state index is 12.5. The van der Waals surface area contributed by atoms with Gasteiger partial charge in [0.05, 0.1) is 0 Å². The van der Waals surface area contributed by atoms with Crippen LogP contribution in [0.4, 0.5) is 0 Å². The molecule has 26 heavy (non-hydrogen) atoms. The summed E-state index contributed by atoms with van der Waals surface area (Å²) in [7, 11) is -0.927. The van der Waals surface area contributed by atoms with Crippen LogP contribution in [-0.4, -0.2) is 51.0 Å². The zero-order valence-corrected chi connectivity index (χ0v) is 17.6. The van der Waals surface area contributed by atoms with Crippen LogP contribution < -0.4 is 0 Å². The van der Waals surface area contributed by atoms with Gasteiger partial charge >= 0.3 is 10.2 Å². The van der Waals surface area contributed by atoms with Crippen molar-refractivity contribution in [2.45, 2.75) is 25.5 Å². The first-order chi connectivity index (χ1) is 11.9. The van der Waals surface area contributed by atoms with E-state index in [1.807, 2.05) is 0 Å². The number of benzene rings is 1. The third-order valence-corrected chi connectivity index (χ3v) is 6.53. The first kappa shape index (κ1) is 20.9. The lowest BCUT2D eigenvalue weighted by molar-refractivity contribution is 0.503. The van der Waals surface area contributed by atoms with Gasteiger partial charge in [-0.05, 0) is 39.0 Å². The molecule has 0 saturated heterocycles. The van der Waals surface area contributed by atoms with Crippen molar-refractivity contribution in [2.75, 3.05) is 14.1 Å². The van der Waals surface area contributed by atoms with E-state index in [0.29, 0.717) is 16.3 Å². The van der Waals surface area contributed by atoms with E-state index in [-0.39, 0.29) is 5.69 Å². The molecule has 0 aliphatic heterocycles. The van der Waals surface area contributed by atoms with Gasteiger partial charge in [-0.25, -0.2) is 0 Å². The van der Waals surface area contributed by atoms with Gasteiger partial charge in [0.15, 0.2) is 0 Å². The number of hydrogen-bond donors (Lipinski definition) is 0. The van der Waals surface area contributed by atoms with Gasteiger partial charge in [0.2, 0.25) is 0 Å². The highest BCUT2D eigenvalue weighted by Gasteiger charge is 2.29. The number of hydrogen-bond acceptors (Lipinski definition) is 5. The number of aromatic nitrogens is 2. The molecule has 7 nitrogen and oxygen atoms in total. The minimum absolute atomic E-state index is 0.287. The van der Waals surface area contributed by atoms with Crippen LogP contribution in [0.15, 0.2) is 40.9 Å². The maximum absolute atomic E-state index is 12.5. The Balaban J connectivity index is 2.59. The lowest BCUT2D eigenvalue weighted by Gasteiger charge is -2.19. The van der Waals surface area contributed by atoms with Gasteiger partial charge < -0.3 is 4.55 Å². The van der Waals surface area contributed by atoms with Gasteiger partial charge in [0, 0.05) is 30.9 Å². The van der Waals surface area contributed by atoms with Crippen LogP contribution in [0.3, 0.4) is 0 Å². The van der Waals surface area contributed by atoms with E-state index in [1.54, 1.807) is 45.0 Å². The van der Waals surface area contributed by atoms with Gasteiger partial charge in [0.25, 0.3) is 0 Å². The summed E-state index contributed by atoms with van der Waals surface area (Å²) in [5.74, 6) is 0. The topological polar surface area (TPSA) is 90.6 Å². The summed E-state index contributed by atoms with van der Waals surface area (Å²) in [6, 6.07) is 8.38. The van der Waals surface area contributed by atoms with E-state index in [9.17, 15) is 13.0 Å². The van der Waals surface area contributed by atoms with Crippen molar-refractivity contribution < 1.29 is 13.0 Å². The normalized spacial score (nSPS) is 14.7. The predicted molar refractivity (Wildman–Crippen MR) is 105 cm³/mol.